The van der Waals surface area contributed by atoms with E-state index < -0.39 is 0 Å². The van der Waals surface area contributed by atoms with Crippen molar-refractivity contribution in [3.8, 4) is 0 Å². The maximum atomic E-state index is 11.9. The summed E-state index contributed by atoms with van der Waals surface area (Å²) in [5.41, 5.74) is 1.12. The molecule has 0 fully saturated rings. The van der Waals surface area contributed by atoms with Crippen molar-refractivity contribution < 1.29 is 4.79 Å². The molecule has 0 saturated heterocycles. The number of rotatable bonds is 3. The van der Waals surface area contributed by atoms with E-state index in [-0.39, 0.29) is 11.3 Å². The maximum absolute atomic E-state index is 11.9. The summed E-state index contributed by atoms with van der Waals surface area (Å²) in [7, 11) is 0. The Bertz CT molecular complexity index is 324. The third-order valence-corrected chi connectivity index (χ3v) is 2.39. The zero-order valence-electron chi connectivity index (χ0n) is 9.95. The summed E-state index contributed by atoms with van der Waals surface area (Å²) in [4.78, 5) is 15.9. The van der Waals surface area contributed by atoms with Crippen molar-refractivity contribution in [3.63, 3.8) is 0 Å². The minimum Gasteiger partial charge on any atom is -0.299 e. The lowest BCUT2D eigenvalue weighted by atomic mass is 9.84. The van der Waals surface area contributed by atoms with Gasteiger partial charge in [0.25, 0.3) is 0 Å². The van der Waals surface area contributed by atoms with E-state index >= 15 is 0 Å². The van der Waals surface area contributed by atoms with Crippen LogP contribution >= 0.6 is 0 Å². The smallest absolute Gasteiger partial charge is 0.140 e. The van der Waals surface area contributed by atoms with Crippen LogP contribution in [0.5, 0.6) is 0 Å². The average molecular weight is 205 g/mol. The largest absolute Gasteiger partial charge is 0.299 e. The molecule has 1 atom stereocenters. The number of hydrogen-bond acceptors (Lipinski definition) is 2. The molecule has 82 valence electrons. The lowest BCUT2D eigenvalue weighted by Crippen LogP contribution is -2.17. The predicted octanol–water partition coefficient (Wildman–Crippen LogP) is 3.19. The van der Waals surface area contributed by atoms with Gasteiger partial charge in [-0.2, -0.15) is 0 Å². The zero-order valence-corrected chi connectivity index (χ0v) is 9.95. The number of ketones is 1. The van der Waals surface area contributed by atoms with Gasteiger partial charge in [0, 0.05) is 24.7 Å². The fourth-order valence-corrected chi connectivity index (χ4v) is 1.51. The van der Waals surface area contributed by atoms with Gasteiger partial charge in [-0.1, -0.05) is 27.7 Å². The quantitative estimate of drug-likeness (QED) is 0.758. The Hall–Kier alpha value is -1.18. The normalized spacial score (nSPS) is 13.6. The van der Waals surface area contributed by atoms with Crippen LogP contribution in [0.1, 0.15) is 45.6 Å². The second-order valence-electron chi connectivity index (χ2n) is 5.21. The van der Waals surface area contributed by atoms with Gasteiger partial charge in [0.05, 0.1) is 0 Å². The van der Waals surface area contributed by atoms with Gasteiger partial charge in [0.15, 0.2) is 0 Å². The number of nitrogens with zero attached hydrogens (tertiary/aromatic N) is 1. The summed E-state index contributed by atoms with van der Waals surface area (Å²) in [6.07, 6.45) is 4.09. The summed E-state index contributed by atoms with van der Waals surface area (Å²) in [5, 5.41) is 0. The van der Waals surface area contributed by atoms with Crippen molar-refractivity contribution in [2.75, 3.05) is 0 Å². The van der Waals surface area contributed by atoms with Crippen molar-refractivity contribution in [1.29, 1.82) is 0 Å². The topological polar surface area (TPSA) is 30.0 Å². The first-order chi connectivity index (χ1) is 6.90. The number of aromatic nitrogens is 1. The van der Waals surface area contributed by atoms with Crippen LogP contribution < -0.4 is 0 Å². The molecular weight excluding hydrogens is 186 g/mol. The highest BCUT2D eigenvalue weighted by atomic mass is 16.1. The summed E-state index contributed by atoms with van der Waals surface area (Å²) >= 11 is 0. The highest BCUT2D eigenvalue weighted by molar-refractivity contribution is 5.85. The molecule has 2 heteroatoms. The zero-order chi connectivity index (χ0) is 11.5. The van der Waals surface area contributed by atoms with E-state index in [9.17, 15) is 4.79 Å². The molecule has 1 unspecified atom stereocenters. The molecule has 0 aliphatic rings. The van der Waals surface area contributed by atoms with Crippen molar-refractivity contribution in [3.05, 3.63) is 30.1 Å². The Labute approximate surface area is 91.7 Å². The van der Waals surface area contributed by atoms with Crippen LogP contribution in [0.2, 0.25) is 0 Å². The standard InChI is InChI=1S/C13H19NO/c1-10(11-5-7-14-8-6-11)12(15)9-13(2,3)4/h5-8,10H,9H2,1-4H3. The maximum Gasteiger partial charge on any atom is 0.140 e. The van der Waals surface area contributed by atoms with Gasteiger partial charge in [-0.25, -0.2) is 0 Å². The Morgan fingerprint density at radius 3 is 2.33 bits per heavy atom. The summed E-state index contributed by atoms with van der Waals surface area (Å²) in [6, 6.07) is 3.82. The fraction of sp³-hybridized carbons (Fsp3) is 0.538. The number of carbonyl (C=O) groups excluding carboxylic acids is 1. The molecule has 1 heterocycles. The number of carbonyl (C=O) groups is 1. The van der Waals surface area contributed by atoms with Crippen LogP contribution in [0, 0.1) is 5.41 Å². The summed E-state index contributed by atoms with van der Waals surface area (Å²) < 4.78 is 0. The van der Waals surface area contributed by atoms with Crippen molar-refractivity contribution in [1.82, 2.24) is 4.98 Å². The van der Waals surface area contributed by atoms with Gasteiger partial charge in [0.2, 0.25) is 0 Å². The molecule has 1 aromatic rings. The van der Waals surface area contributed by atoms with E-state index in [0.717, 1.165) is 5.56 Å². The van der Waals surface area contributed by atoms with Crippen molar-refractivity contribution in [2.24, 2.45) is 5.41 Å². The molecule has 0 spiro atoms. The molecule has 0 aromatic carbocycles. The number of pyridine rings is 1. The fourth-order valence-electron chi connectivity index (χ4n) is 1.51. The third-order valence-electron chi connectivity index (χ3n) is 2.39. The van der Waals surface area contributed by atoms with Crippen LogP contribution in [0.4, 0.5) is 0 Å². The number of hydrogen-bond donors (Lipinski definition) is 0. The predicted molar refractivity (Wildman–Crippen MR) is 61.7 cm³/mol. The van der Waals surface area contributed by atoms with Gasteiger partial charge in [-0.05, 0) is 23.1 Å². The van der Waals surface area contributed by atoms with E-state index in [4.69, 9.17) is 0 Å². The van der Waals surface area contributed by atoms with E-state index in [1.807, 2.05) is 19.1 Å². The van der Waals surface area contributed by atoms with Crippen LogP contribution in [-0.4, -0.2) is 10.8 Å². The van der Waals surface area contributed by atoms with Crippen molar-refractivity contribution in [2.45, 2.75) is 40.0 Å². The van der Waals surface area contributed by atoms with Gasteiger partial charge >= 0.3 is 0 Å². The summed E-state index contributed by atoms with van der Waals surface area (Å²) in [5.74, 6) is 0.279. The molecule has 0 amide bonds. The molecule has 0 aliphatic heterocycles. The van der Waals surface area contributed by atoms with E-state index in [1.165, 1.54) is 0 Å². The minimum atomic E-state index is -0.0211. The van der Waals surface area contributed by atoms with Gasteiger partial charge in [-0.3, -0.25) is 9.78 Å². The second-order valence-corrected chi connectivity index (χ2v) is 5.21. The first-order valence-electron chi connectivity index (χ1n) is 5.33. The molecule has 0 saturated carbocycles. The third kappa shape index (κ3) is 3.82. The number of Topliss-reactive ketones (excluding diaryl/α,β-unsaturated/α-hetero) is 1. The van der Waals surface area contributed by atoms with E-state index in [1.54, 1.807) is 12.4 Å². The average Bonchev–Trinajstić information content (AvgIpc) is 2.15. The molecule has 1 aromatic heterocycles. The van der Waals surface area contributed by atoms with Crippen LogP contribution in [0.25, 0.3) is 0 Å². The molecule has 0 radical (unpaired) electrons. The molecule has 2 nitrogen and oxygen atoms in total. The monoisotopic (exact) mass is 205 g/mol. The Kier molecular flexibility index (Phi) is 3.61. The van der Waals surface area contributed by atoms with Crippen molar-refractivity contribution >= 4 is 5.78 Å². The molecule has 15 heavy (non-hydrogen) atoms. The molecule has 0 N–H and O–H groups in total. The van der Waals surface area contributed by atoms with Crippen LogP contribution in [0.15, 0.2) is 24.5 Å². The lowest BCUT2D eigenvalue weighted by Gasteiger charge is -2.19. The van der Waals surface area contributed by atoms with Gasteiger partial charge in [0.1, 0.15) is 5.78 Å². The lowest BCUT2D eigenvalue weighted by molar-refractivity contribution is -0.121. The second kappa shape index (κ2) is 4.56. The Morgan fingerprint density at radius 2 is 1.87 bits per heavy atom. The first kappa shape index (κ1) is 11.9. The first-order valence-corrected chi connectivity index (χ1v) is 5.33. The molecule has 1 rings (SSSR count). The Morgan fingerprint density at radius 1 is 1.33 bits per heavy atom. The highest BCUT2D eigenvalue weighted by Gasteiger charge is 2.21. The van der Waals surface area contributed by atoms with Gasteiger partial charge in [-0.15, -0.1) is 0 Å². The summed E-state index contributed by atoms with van der Waals surface area (Å²) in [6.45, 7) is 8.22. The highest BCUT2D eigenvalue weighted by Crippen LogP contribution is 2.25. The SMILES string of the molecule is CC(C(=O)CC(C)(C)C)c1ccncc1. The van der Waals surface area contributed by atoms with Crippen LogP contribution in [-0.2, 0) is 4.79 Å². The van der Waals surface area contributed by atoms with Gasteiger partial charge < -0.3 is 0 Å². The minimum absolute atomic E-state index is 0.0211. The molecule has 0 bridgehead atoms. The molecular formula is C13H19NO. The van der Waals surface area contributed by atoms with E-state index in [0.29, 0.717) is 12.2 Å². The Balaban J connectivity index is 2.70. The van der Waals surface area contributed by atoms with E-state index in [2.05, 4.69) is 25.8 Å². The van der Waals surface area contributed by atoms with Crippen LogP contribution in [0.3, 0.4) is 0 Å². The molecule has 0 aliphatic carbocycles.